The van der Waals surface area contributed by atoms with Crippen LogP contribution < -0.4 is 0 Å². The summed E-state index contributed by atoms with van der Waals surface area (Å²) in [7, 11) is 0. The van der Waals surface area contributed by atoms with Crippen molar-refractivity contribution in [2.75, 3.05) is 0 Å². The van der Waals surface area contributed by atoms with Gasteiger partial charge in [0.2, 0.25) is 0 Å². The predicted molar refractivity (Wildman–Crippen MR) is 73.3 cm³/mol. The maximum atomic E-state index is 6.50. The van der Waals surface area contributed by atoms with E-state index in [2.05, 4.69) is 41.2 Å². The van der Waals surface area contributed by atoms with Crippen molar-refractivity contribution in [2.24, 2.45) is 11.3 Å². The molecule has 0 heterocycles. The fourth-order valence-corrected chi connectivity index (χ4v) is 2.22. The van der Waals surface area contributed by atoms with E-state index in [0.717, 1.165) is 5.92 Å². The van der Waals surface area contributed by atoms with E-state index < -0.39 is 0 Å². The number of hydrogen-bond donors (Lipinski definition) is 0. The summed E-state index contributed by atoms with van der Waals surface area (Å²) in [6, 6.07) is 0. The first-order chi connectivity index (χ1) is 7.52. The Kier molecular flexibility index (Phi) is 12.3. The van der Waals surface area contributed by atoms with Crippen molar-refractivity contribution in [3.63, 3.8) is 0 Å². The third-order valence-corrected chi connectivity index (χ3v) is 3.31. The summed E-state index contributed by atoms with van der Waals surface area (Å²) >= 11 is 0. The summed E-state index contributed by atoms with van der Waals surface area (Å²) in [5.41, 5.74) is 0.573. The van der Waals surface area contributed by atoms with Crippen LogP contribution in [0.2, 0.25) is 0 Å². The van der Waals surface area contributed by atoms with Crippen molar-refractivity contribution in [3.8, 4) is 6.57 Å². The molecule has 0 amide bonds. The molecule has 96 valence electrons. The lowest BCUT2D eigenvalue weighted by Gasteiger charge is -2.27. The second-order valence-electron chi connectivity index (χ2n) is 5.69. The summed E-state index contributed by atoms with van der Waals surface area (Å²) in [4.78, 5) is 0. The largest absolute Gasteiger partial charge is 0.202 e. The Morgan fingerprint density at radius 1 is 1.06 bits per heavy atom. The molecule has 16 heavy (non-hydrogen) atoms. The molecule has 0 aromatic heterocycles. The first-order valence-electron chi connectivity index (χ1n) is 6.77. The van der Waals surface area contributed by atoms with Gasteiger partial charge in [0, 0.05) is 6.57 Å². The molecule has 0 saturated heterocycles. The minimum atomic E-state index is 0.573. The summed E-state index contributed by atoms with van der Waals surface area (Å²) in [6.07, 6.45) is 9.77. The molecule has 0 aromatic carbocycles. The zero-order valence-electron chi connectivity index (χ0n) is 12.1. The van der Waals surface area contributed by atoms with Crippen molar-refractivity contribution in [3.05, 3.63) is 0 Å². The molecule has 1 atom stereocenters. The van der Waals surface area contributed by atoms with Gasteiger partial charge in [-0.15, -0.1) is 0 Å². The van der Waals surface area contributed by atoms with Crippen molar-refractivity contribution in [2.45, 2.75) is 79.6 Å². The zero-order valence-corrected chi connectivity index (χ0v) is 12.1. The van der Waals surface area contributed by atoms with E-state index in [0.29, 0.717) is 5.41 Å². The Hall–Kier alpha value is -0.510. The smallest absolute Gasteiger partial charge is 0.0462 e. The number of nitriles is 1. The molecular formula is C15H31N. The van der Waals surface area contributed by atoms with Crippen LogP contribution in [-0.4, -0.2) is 0 Å². The fraction of sp³-hybridized carbons (Fsp3) is 0.933. The van der Waals surface area contributed by atoms with Crippen LogP contribution in [0.1, 0.15) is 79.6 Å². The third-order valence-electron chi connectivity index (χ3n) is 3.31. The molecule has 1 nitrogen and oxygen atoms in total. The topological polar surface area (TPSA) is 23.8 Å². The van der Waals surface area contributed by atoms with Gasteiger partial charge in [-0.25, -0.2) is 5.26 Å². The van der Waals surface area contributed by atoms with Gasteiger partial charge in [-0.1, -0.05) is 66.7 Å². The van der Waals surface area contributed by atoms with Crippen LogP contribution in [0.25, 0.3) is 0 Å². The first kappa shape index (κ1) is 17.9. The summed E-state index contributed by atoms with van der Waals surface area (Å²) < 4.78 is 0. The molecule has 0 bridgehead atoms. The normalized spacial score (nSPS) is 12.7. The Balaban J connectivity index is 0. The van der Waals surface area contributed by atoms with E-state index in [1.165, 1.54) is 44.9 Å². The van der Waals surface area contributed by atoms with Crippen LogP contribution in [0, 0.1) is 23.2 Å². The fourth-order valence-electron chi connectivity index (χ4n) is 2.22. The average Bonchev–Trinajstić information content (AvgIpc) is 2.26. The lowest BCUT2D eigenvalue weighted by molar-refractivity contribution is 0.245. The van der Waals surface area contributed by atoms with Crippen LogP contribution >= 0.6 is 0 Å². The van der Waals surface area contributed by atoms with Crippen molar-refractivity contribution >= 4 is 0 Å². The average molecular weight is 225 g/mol. The Bertz CT molecular complexity index is 158. The van der Waals surface area contributed by atoms with Gasteiger partial charge in [0.15, 0.2) is 0 Å². The van der Waals surface area contributed by atoms with E-state index in [1.807, 2.05) is 0 Å². The SMILES string of the molecule is C#N.CCCCCCC(C)(C)CC(C)CC. The molecule has 0 saturated carbocycles. The van der Waals surface area contributed by atoms with Crippen LogP contribution in [0.4, 0.5) is 0 Å². The van der Waals surface area contributed by atoms with Crippen LogP contribution in [-0.2, 0) is 0 Å². The molecule has 0 aliphatic heterocycles. The van der Waals surface area contributed by atoms with Gasteiger partial charge < -0.3 is 0 Å². The number of hydrogen-bond acceptors (Lipinski definition) is 1. The lowest BCUT2D eigenvalue weighted by Crippen LogP contribution is -2.15. The zero-order chi connectivity index (χ0) is 13.0. The van der Waals surface area contributed by atoms with Crippen molar-refractivity contribution < 1.29 is 0 Å². The van der Waals surface area contributed by atoms with E-state index >= 15 is 0 Å². The molecule has 0 rings (SSSR count). The number of unbranched alkanes of at least 4 members (excludes halogenated alkanes) is 3. The van der Waals surface area contributed by atoms with E-state index in [-0.39, 0.29) is 0 Å². The second kappa shape index (κ2) is 11.0. The molecular weight excluding hydrogens is 194 g/mol. The molecule has 0 N–H and O–H groups in total. The van der Waals surface area contributed by atoms with Gasteiger partial charge in [-0.3, -0.25) is 0 Å². The summed E-state index contributed by atoms with van der Waals surface area (Å²) in [5.74, 6) is 0.899. The molecule has 0 aliphatic rings. The van der Waals surface area contributed by atoms with Crippen LogP contribution in [0.5, 0.6) is 0 Å². The van der Waals surface area contributed by atoms with Gasteiger partial charge in [0.25, 0.3) is 0 Å². The number of nitrogens with zero attached hydrogens (tertiary/aromatic N) is 1. The maximum absolute atomic E-state index is 6.50. The van der Waals surface area contributed by atoms with Gasteiger partial charge in [-0.05, 0) is 24.2 Å². The molecule has 0 spiro atoms. The van der Waals surface area contributed by atoms with Crippen molar-refractivity contribution in [1.29, 1.82) is 5.26 Å². The van der Waals surface area contributed by atoms with Crippen LogP contribution in [0.3, 0.4) is 0 Å². The quantitative estimate of drug-likeness (QED) is 0.496. The predicted octanol–water partition coefficient (Wildman–Crippen LogP) is 5.56. The van der Waals surface area contributed by atoms with Gasteiger partial charge >= 0.3 is 0 Å². The molecule has 1 unspecified atom stereocenters. The molecule has 1 heteroatoms. The molecule has 0 radical (unpaired) electrons. The van der Waals surface area contributed by atoms with Gasteiger partial charge in [0.05, 0.1) is 0 Å². The Morgan fingerprint density at radius 3 is 2.06 bits per heavy atom. The molecule has 0 aliphatic carbocycles. The highest BCUT2D eigenvalue weighted by atomic mass is 14.2. The highest BCUT2D eigenvalue weighted by Crippen LogP contribution is 2.32. The van der Waals surface area contributed by atoms with E-state index in [1.54, 1.807) is 0 Å². The minimum absolute atomic E-state index is 0.573. The lowest BCUT2D eigenvalue weighted by atomic mass is 9.78. The van der Waals surface area contributed by atoms with Gasteiger partial charge in [0.1, 0.15) is 0 Å². The van der Waals surface area contributed by atoms with Crippen molar-refractivity contribution in [1.82, 2.24) is 0 Å². The summed E-state index contributed by atoms with van der Waals surface area (Å²) in [6.45, 7) is 15.3. The third kappa shape index (κ3) is 11.6. The number of rotatable bonds is 8. The standard InChI is InChI=1S/C14H30.CHN/c1-6-8-9-10-11-14(4,5)12-13(3)7-2;1-2/h13H,6-12H2,1-5H3;1H. The Labute approximate surface area is 103 Å². The Morgan fingerprint density at radius 2 is 1.62 bits per heavy atom. The van der Waals surface area contributed by atoms with Crippen LogP contribution in [0.15, 0.2) is 0 Å². The monoisotopic (exact) mass is 225 g/mol. The van der Waals surface area contributed by atoms with E-state index in [4.69, 9.17) is 5.26 Å². The van der Waals surface area contributed by atoms with E-state index in [9.17, 15) is 0 Å². The first-order valence-corrected chi connectivity index (χ1v) is 6.77. The minimum Gasteiger partial charge on any atom is -0.202 e. The summed E-state index contributed by atoms with van der Waals surface area (Å²) in [5, 5.41) is 6.50. The highest BCUT2D eigenvalue weighted by molar-refractivity contribution is 4.71. The molecule has 0 fully saturated rings. The molecule has 0 aromatic rings. The second-order valence-corrected chi connectivity index (χ2v) is 5.69. The highest BCUT2D eigenvalue weighted by Gasteiger charge is 2.19. The maximum Gasteiger partial charge on any atom is 0.0462 e. The van der Waals surface area contributed by atoms with Gasteiger partial charge in [-0.2, -0.15) is 0 Å².